The molecular weight excluding hydrogens is 418 g/mol. The molecule has 1 aromatic rings. The highest BCUT2D eigenvalue weighted by atomic mass is 79.9. The fourth-order valence-electron chi connectivity index (χ4n) is 1.25. The van der Waals surface area contributed by atoms with Gasteiger partial charge in [0.05, 0.1) is 11.6 Å². The zero-order valence-electron chi connectivity index (χ0n) is 9.30. The Hall–Kier alpha value is -0.0700. The van der Waals surface area contributed by atoms with Gasteiger partial charge in [-0.1, -0.05) is 15.9 Å². The molecular formula is C11H12Br3NO2. The second kappa shape index (κ2) is 6.20. The molecule has 0 aliphatic rings. The molecule has 0 aromatic heterocycles. The van der Waals surface area contributed by atoms with Crippen LogP contribution in [0.1, 0.15) is 13.8 Å². The van der Waals surface area contributed by atoms with Crippen molar-refractivity contribution in [3.63, 3.8) is 0 Å². The molecule has 0 bridgehead atoms. The fraction of sp³-hybridized carbons (Fsp3) is 0.364. The molecule has 1 aromatic carbocycles. The first-order valence-corrected chi connectivity index (χ1v) is 7.34. The van der Waals surface area contributed by atoms with Gasteiger partial charge in [-0.05, 0) is 57.8 Å². The highest BCUT2D eigenvalue weighted by Gasteiger charge is 2.20. The Kier molecular flexibility index (Phi) is 5.47. The van der Waals surface area contributed by atoms with Crippen molar-refractivity contribution in [1.82, 2.24) is 0 Å². The predicted octanol–water partition coefficient (Wildman–Crippen LogP) is 4.50. The molecule has 0 spiro atoms. The molecule has 0 aliphatic heterocycles. The first kappa shape index (κ1) is 15.0. The molecule has 0 saturated carbocycles. The van der Waals surface area contributed by atoms with Crippen LogP contribution in [-0.2, 0) is 4.79 Å². The number of hydrogen-bond donors (Lipinski definition) is 2. The van der Waals surface area contributed by atoms with E-state index in [1.807, 2.05) is 19.1 Å². The largest absolute Gasteiger partial charge is 0.481 e. The second-order valence-corrected chi connectivity index (χ2v) is 6.43. The average molecular weight is 430 g/mol. The van der Waals surface area contributed by atoms with Gasteiger partial charge in [-0.2, -0.15) is 0 Å². The number of rotatable bonds is 4. The van der Waals surface area contributed by atoms with Crippen molar-refractivity contribution in [2.24, 2.45) is 5.92 Å². The van der Waals surface area contributed by atoms with Crippen LogP contribution >= 0.6 is 47.8 Å². The van der Waals surface area contributed by atoms with Crippen molar-refractivity contribution >= 4 is 59.4 Å². The van der Waals surface area contributed by atoms with E-state index in [1.165, 1.54) is 0 Å². The van der Waals surface area contributed by atoms with Gasteiger partial charge in [0.15, 0.2) is 0 Å². The minimum Gasteiger partial charge on any atom is -0.481 e. The standard InChI is InChI=1S/C11H12Br3NO2/c1-5(11(16)17)6(2)15-10-8(13)3-7(12)4-9(10)14/h3-6,15H,1-2H3,(H,16,17). The highest BCUT2D eigenvalue weighted by molar-refractivity contribution is 9.11. The minimum absolute atomic E-state index is 0.165. The molecule has 17 heavy (non-hydrogen) atoms. The van der Waals surface area contributed by atoms with Gasteiger partial charge in [0.25, 0.3) is 0 Å². The number of nitrogens with one attached hydrogen (secondary N) is 1. The van der Waals surface area contributed by atoms with E-state index >= 15 is 0 Å². The molecule has 0 saturated heterocycles. The van der Waals surface area contributed by atoms with Gasteiger partial charge in [0.2, 0.25) is 0 Å². The molecule has 2 unspecified atom stereocenters. The highest BCUT2D eigenvalue weighted by Crippen LogP contribution is 2.35. The Bertz CT molecular complexity index is 414. The number of carboxylic acid groups (broad SMARTS) is 1. The lowest BCUT2D eigenvalue weighted by Gasteiger charge is -2.21. The SMILES string of the molecule is CC(Nc1c(Br)cc(Br)cc1Br)C(C)C(=O)O. The quantitative estimate of drug-likeness (QED) is 0.741. The van der Waals surface area contributed by atoms with Gasteiger partial charge < -0.3 is 10.4 Å². The van der Waals surface area contributed by atoms with Crippen LogP contribution < -0.4 is 5.32 Å². The summed E-state index contributed by atoms with van der Waals surface area (Å²) in [5, 5.41) is 12.1. The summed E-state index contributed by atoms with van der Waals surface area (Å²) in [7, 11) is 0. The van der Waals surface area contributed by atoms with Crippen LogP contribution in [0.4, 0.5) is 5.69 Å². The van der Waals surface area contributed by atoms with Gasteiger partial charge in [-0.3, -0.25) is 4.79 Å². The summed E-state index contributed by atoms with van der Waals surface area (Å²) in [5.74, 6) is -1.27. The summed E-state index contributed by atoms with van der Waals surface area (Å²) in [6, 6.07) is 3.65. The first-order valence-electron chi connectivity index (χ1n) is 4.96. The van der Waals surface area contributed by atoms with Gasteiger partial charge in [0.1, 0.15) is 0 Å². The lowest BCUT2D eigenvalue weighted by Crippen LogP contribution is -2.29. The van der Waals surface area contributed by atoms with Crippen molar-refractivity contribution in [2.45, 2.75) is 19.9 Å². The van der Waals surface area contributed by atoms with E-state index < -0.39 is 11.9 Å². The molecule has 0 amide bonds. The van der Waals surface area contributed by atoms with Crippen LogP contribution in [0.5, 0.6) is 0 Å². The summed E-state index contributed by atoms with van der Waals surface area (Å²) >= 11 is 10.3. The van der Waals surface area contributed by atoms with Gasteiger partial charge in [-0.15, -0.1) is 0 Å². The number of halogens is 3. The summed E-state index contributed by atoms with van der Waals surface area (Å²) in [6.07, 6.45) is 0. The van der Waals surface area contributed by atoms with Crippen LogP contribution in [-0.4, -0.2) is 17.1 Å². The smallest absolute Gasteiger partial charge is 0.308 e. The van der Waals surface area contributed by atoms with Crippen LogP contribution in [0, 0.1) is 5.92 Å². The third-order valence-electron chi connectivity index (χ3n) is 2.52. The Balaban J connectivity index is 2.92. The second-order valence-electron chi connectivity index (χ2n) is 3.80. The Labute approximate surface area is 125 Å². The van der Waals surface area contributed by atoms with E-state index in [0.29, 0.717) is 0 Å². The average Bonchev–Trinajstić information content (AvgIpc) is 2.21. The number of benzene rings is 1. The maximum atomic E-state index is 10.9. The van der Waals surface area contributed by atoms with E-state index in [1.54, 1.807) is 6.92 Å². The van der Waals surface area contributed by atoms with Crippen molar-refractivity contribution in [3.8, 4) is 0 Å². The molecule has 6 heteroatoms. The van der Waals surface area contributed by atoms with Crippen molar-refractivity contribution in [2.75, 3.05) is 5.32 Å². The van der Waals surface area contributed by atoms with Crippen molar-refractivity contribution in [1.29, 1.82) is 0 Å². The Morgan fingerprint density at radius 3 is 2.12 bits per heavy atom. The number of carbonyl (C=O) groups is 1. The number of aliphatic carboxylic acids is 1. The molecule has 2 atom stereocenters. The third kappa shape index (κ3) is 3.96. The summed E-state index contributed by atoms with van der Waals surface area (Å²) in [4.78, 5) is 10.9. The maximum absolute atomic E-state index is 10.9. The number of anilines is 1. The zero-order valence-corrected chi connectivity index (χ0v) is 14.1. The molecule has 0 aliphatic carbocycles. The monoisotopic (exact) mass is 427 g/mol. The van der Waals surface area contributed by atoms with E-state index in [2.05, 4.69) is 53.1 Å². The zero-order chi connectivity index (χ0) is 13.2. The van der Waals surface area contributed by atoms with Gasteiger partial charge >= 0.3 is 5.97 Å². The summed E-state index contributed by atoms with van der Waals surface area (Å²) in [5.41, 5.74) is 0.855. The lowest BCUT2D eigenvalue weighted by molar-refractivity contribution is -0.141. The molecule has 0 fully saturated rings. The summed E-state index contributed by atoms with van der Waals surface area (Å²) in [6.45, 7) is 3.53. The van der Waals surface area contributed by atoms with Crippen molar-refractivity contribution in [3.05, 3.63) is 25.6 Å². The minimum atomic E-state index is -0.811. The topological polar surface area (TPSA) is 49.3 Å². The molecule has 3 nitrogen and oxygen atoms in total. The normalized spacial score (nSPS) is 14.2. The molecule has 0 radical (unpaired) electrons. The Morgan fingerprint density at radius 2 is 1.71 bits per heavy atom. The Morgan fingerprint density at radius 1 is 1.24 bits per heavy atom. The van der Waals surface area contributed by atoms with E-state index in [9.17, 15) is 4.79 Å². The summed E-state index contributed by atoms with van der Waals surface area (Å²) < 4.78 is 2.70. The van der Waals surface area contributed by atoms with Crippen LogP contribution in [0.25, 0.3) is 0 Å². The number of hydrogen-bond acceptors (Lipinski definition) is 2. The first-order chi connectivity index (χ1) is 7.82. The molecule has 2 N–H and O–H groups in total. The number of carboxylic acids is 1. The van der Waals surface area contributed by atoms with Crippen molar-refractivity contribution < 1.29 is 9.90 Å². The fourth-order valence-corrected chi connectivity index (χ4v) is 3.73. The van der Waals surface area contributed by atoms with E-state index in [0.717, 1.165) is 19.1 Å². The van der Waals surface area contributed by atoms with Crippen LogP contribution in [0.2, 0.25) is 0 Å². The third-order valence-corrected chi connectivity index (χ3v) is 4.23. The lowest BCUT2D eigenvalue weighted by atomic mass is 10.0. The van der Waals surface area contributed by atoms with Crippen LogP contribution in [0.3, 0.4) is 0 Å². The molecule has 0 heterocycles. The molecule has 1 rings (SSSR count). The molecule has 94 valence electrons. The van der Waals surface area contributed by atoms with Gasteiger partial charge in [-0.25, -0.2) is 0 Å². The van der Waals surface area contributed by atoms with Crippen LogP contribution in [0.15, 0.2) is 25.6 Å². The van der Waals surface area contributed by atoms with E-state index in [-0.39, 0.29) is 6.04 Å². The predicted molar refractivity (Wildman–Crippen MR) is 79.4 cm³/mol. The van der Waals surface area contributed by atoms with Gasteiger partial charge in [0, 0.05) is 19.5 Å². The van der Waals surface area contributed by atoms with E-state index in [4.69, 9.17) is 5.11 Å². The maximum Gasteiger partial charge on any atom is 0.308 e.